The van der Waals surface area contributed by atoms with Gasteiger partial charge in [0.05, 0.1) is 5.69 Å². The molecule has 0 atom stereocenters. The number of aryl methyl sites for hydroxylation is 1. The van der Waals surface area contributed by atoms with Crippen molar-refractivity contribution in [2.75, 3.05) is 0 Å². The van der Waals surface area contributed by atoms with E-state index in [0.29, 0.717) is 12.0 Å². The number of aldehydes is 1. The molecule has 1 aromatic rings. The van der Waals surface area contributed by atoms with Crippen molar-refractivity contribution in [3.05, 3.63) is 23.5 Å². The smallest absolute Gasteiger partial charge is 0.166 e. The minimum Gasteiger partial charge on any atom is -0.340 e. The lowest BCUT2D eigenvalue weighted by Crippen LogP contribution is -2.09. The third kappa shape index (κ3) is 2.95. The summed E-state index contributed by atoms with van der Waals surface area (Å²) in [6.07, 6.45) is 3.18. The Hall–Kier alpha value is -1.05. The molecule has 1 rings (SSSR count). The molecule has 1 aromatic heterocycles. The molecule has 0 N–H and O–H groups in total. The van der Waals surface area contributed by atoms with Crippen molar-refractivity contribution in [3.8, 4) is 0 Å². The van der Waals surface area contributed by atoms with E-state index in [1.54, 1.807) is 0 Å². The average molecular weight is 207 g/mol. The molecule has 84 valence electrons. The van der Waals surface area contributed by atoms with Crippen LogP contribution in [-0.2, 0) is 6.42 Å². The van der Waals surface area contributed by atoms with E-state index < -0.39 is 0 Å². The van der Waals surface area contributed by atoms with Crippen molar-refractivity contribution in [3.63, 3.8) is 0 Å². The standard InChI is InChI=1S/C13H21NO/c1-10(2)5-6-12-7-8-13(9-15)14(12)11(3)4/h7-11H,5-6H2,1-4H3. The number of nitrogens with zero attached hydrogens (tertiary/aromatic N) is 1. The molecule has 0 saturated carbocycles. The summed E-state index contributed by atoms with van der Waals surface area (Å²) in [6, 6.07) is 4.36. The topological polar surface area (TPSA) is 22.0 Å². The zero-order chi connectivity index (χ0) is 11.4. The van der Waals surface area contributed by atoms with Crippen LogP contribution in [0.5, 0.6) is 0 Å². The molecule has 15 heavy (non-hydrogen) atoms. The van der Waals surface area contributed by atoms with Gasteiger partial charge in [-0.3, -0.25) is 4.79 Å². The first-order chi connectivity index (χ1) is 7.06. The van der Waals surface area contributed by atoms with Crippen molar-refractivity contribution >= 4 is 6.29 Å². The molecule has 2 heteroatoms. The molecule has 0 aliphatic heterocycles. The van der Waals surface area contributed by atoms with Crippen LogP contribution in [0.3, 0.4) is 0 Å². The highest BCUT2D eigenvalue weighted by molar-refractivity contribution is 5.72. The maximum atomic E-state index is 10.9. The molecular formula is C13H21NO. The highest BCUT2D eigenvalue weighted by Gasteiger charge is 2.10. The minimum atomic E-state index is 0.363. The first-order valence-corrected chi connectivity index (χ1v) is 5.71. The molecule has 0 fully saturated rings. The number of aromatic nitrogens is 1. The molecule has 0 bridgehead atoms. The molecule has 0 spiro atoms. The second kappa shape index (κ2) is 5.15. The van der Waals surface area contributed by atoms with Crippen LogP contribution in [0.15, 0.2) is 12.1 Å². The number of hydrogen-bond acceptors (Lipinski definition) is 1. The average Bonchev–Trinajstić information content (AvgIpc) is 2.57. The Morgan fingerprint density at radius 3 is 2.40 bits per heavy atom. The summed E-state index contributed by atoms with van der Waals surface area (Å²) >= 11 is 0. The van der Waals surface area contributed by atoms with Gasteiger partial charge >= 0.3 is 0 Å². The third-order valence-electron chi connectivity index (χ3n) is 2.65. The lowest BCUT2D eigenvalue weighted by Gasteiger charge is -2.15. The van der Waals surface area contributed by atoms with Gasteiger partial charge in [-0.2, -0.15) is 0 Å². The van der Waals surface area contributed by atoms with Gasteiger partial charge in [0.15, 0.2) is 6.29 Å². The van der Waals surface area contributed by atoms with Gasteiger partial charge in [-0.15, -0.1) is 0 Å². The lowest BCUT2D eigenvalue weighted by molar-refractivity contribution is 0.111. The van der Waals surface area contributed by atoms with E-state index in [2.05, 4.69) is 38.3 Å². The Bertz CT molecular complexity index is 323. The van der Waals surface area contributed by atoms with Crippen LogP contribution in [0.4, 0.5) is 0 Å². The van der Waals surface area contributed by atoms with Crippen LogP contribution in [0.2, 0.25) is 0 Å². The highest BCUT2D eigenvalue weighted by Crippen LogP contribution is 2.18. The van der Waals surface area contributed by atoms with E-state index >= 15 is 0 Å². The number of carbonyl (C=O) groups is 1. The van der Waals surface area contributed by atoms with E-state index in [4.69, 9.17) is 0 Å². The molecule has 0 aliphatic rings. The number of hydrogen-bond donors (Lipinski definition) is 0. The van der Waals surface area contributed by atoms with Gasteiger partial charge in [0.25, 0.3) is 0 Å². The molecular weight excluding hydrogens is 186 g/mol. The molecule has 1 heterocycles. The zero-order valence-corrected chi connectivity index (χ0v) is 10.2. The van der Waals surface area contributed by atoms with Crippen LogP contribution < -0.4 is 0 Å². The van der Waals surface area contributed by atoms with Crippen LogP contribution >= 0.6 is 0 Å². The van der Waals surface area contributed by atoms with Crippen LogP contribution in [0.1, 0.15) is 56.3 Å². The second-order valence-electron chi connectivity index (χ2n) is 4.76. The summed E-state index contributed by atoms with van der Waals surface area (Å²) in [5.74, 6) is 0.709. The van der Waals surface area contributed by atoms with E-state index in [1.165, 1.54) is 12.1 Å². The molecule has 0 saturated heterocycles. The van der Waals surface area contributed by atoms with Crippen molar-refractivity contribution in [2.45, 2.75) is 46.6 Å². The Morgan fingerprint density at radius 2 is 1.93 bits per heavy atom. The summed E-state index contributed by atoms with van der Waals surface area (Å²) in [7, 11) is 0. The van der Waals surface area contributed by atoms with Gasteiger partial charge in [-0.1, -0.05) is 13.8 Å². The summed E-state index contributed by atoms with van der Waals surface area (Å²) in [6.45, 7) is 8.68. The monoisotopic (exact) mass is 207 g/mol. The maximum Gasteiger partial charge on any atom is 0.166 e. The van der Waals surface area contributed by atoms with E-state index in [9.17, 15) is 4.79 Å². The normalized spacial score (nSPS) is 11.3. The van der Waals surface area contributed by atoms with Crippen molar-refractivity contribution in [1.29, 1.82) is 0 Å². The third-order valence-corrected chi connectivity index (χ3v) is 2.65. The van der Waals surface area contributed by atoms with Crippen LogP contribution in [0.25, 0.3) is 0 Å². The molecule has 0 radical (unpaired) electrons. The molecule has 0 unspecified atom stereocenters. The van der Waals surface area contributed by atoms with Crippen molar-refractivity contribution in [2.24, 2.45) is 5.92 Å². The Kier molecular flexibility index (Phi) is 4.13. The fraction of sp³-hybridized carbons (Fsp3) is 0.615. The number of rotatable bonds is 5. The molecule has 0 amide bonds. The van der Waals surface area contributed by atoms with Gasteiger partial charge < -0.3 is 4.57 Å². The SMILES string of the molecule is CC(C)CCc1ccc(C=O)n1C(C)C. The first kappa shape index (κ1) is 12.0. The summed E-state index contributed by atoms with van der Waals surface area (Å²) in [5.41, 5.74) is 2.07. The molecule has 0 aliphatic carbocycles. The van der Waals surface area contributed by atoms with Crippen molar-refractivity contribution < 1.29 is 4.79 Å². The molecule has 2 nitrogen and oxygen atoms in total. The van der Waals surface area contributed by atoms with E-state index in [1.807, 2.05) is 6.07 Å². The quantitative estimate of drug-likeness (QED) is 0.678. The van der Waals surface area contributed by atoms with Crippen LogP contribution in [-0.4, -0.2) is 10.9 Å². The summed E-state index contributed by atoms with van der Waals surface area (Å²) < 4.78 is 2.13. The van der Waals surface area contributed by atoms with Gasteiger partial charge in [0, 0.05) is 11.7 Å². The largest absolute Gasteiger partial charge is 0.340 e. The molecule has 0 aromatic carbocycles. The summed E-state index contributed by atoms with van der Waals surface area (Å²) in [5, 5.41) is 0. The van der Waals surface area contributed by atoms with Gasteiger partial charge in [0.2, 0.25) is 0 Å². The fourth-order valence-electron chi connectivity index (χ4n) is 1.87. The van der Waals surface area contributed by atoms with E-state index in [-0.39, 0.29) is 0 Å². The Morgan fingerprint density at radius 1 is 1.27 bits per heavy atom. The van der Waals surface area contributed by atoms with Gasteiger partial charge in [0.1, 0.15) is 0 Å². The minimum absolute atomic E-state index is 0.363. The highest BCUT2D eigenvalue weighted by atomic mass is 16.1. The summed E-state index contributed by atoms with van der Waals surface area (Å²) in [4.78, 5) is 10.9. The fourth-order valence-corrected chi connectivity index (χ4v) is 1.87. The maximum absolute atomic E-state index is 10.9. The van der Waals surface area contributed by atoms with Gasteiger partial charge in [-0.25, -0.2) is 0 Å². The second-order valence-corrected chi connectivity index (χ2v) is 4.76. The predicted octanol–water partition coefficient (Wildman–Crippen LogP) is 3.47. The zero-order valence-electron chi connectivity index (χ0n) is 10.2. The number of carbonyl (C=O) groups excluding carboxylic acids is 1. The van der Waals surface area contributed by atoms with Crippen LogP contribution in [0, 0.1) is 5.92 Å². The van der Waals surface area contributed by atoms with E-state index in [0.717, 1.165) is 18.4 Å². The van der Waals surface area contributed by atoms with Crippen molar-refractivity contribution in [1.82, 2.24) is 4.57 Å². The first-order valence-electron chi connectivity index (χ1n) is 5.71. The van der Waals surface area contributed by atoms with Gasteiger partial charge in [-0.05, 0) is 44.7 Å². The Balaban J connectivity index is 2.87. The lowest BCUT2D eigenvalue weighted by atomic mass is 10.1. The Labute approximate surface area is 92.3 Å². The predicted molar refractivity (Wildman–Crippen MR) is 63.4 cm³/mol.